The molecule has 0 atom stereocenters. The number of rotatable bonds is 6. The molecule has 1 N–H and O–H groups in total. The summed E-state index contributed by atoms with van der Waals surface area (Å²) in [5.74, 6) is -0.227. The van der Waals surface area contributed by atoms with E-state index in [4.69, 9.17) is 0 Å². The topological polar surface area (TPSA) is 45.5 Å². The van der Waals surface area contributed by atoms with Crippen LogP contribution in [0.3, 0.4) is 0 Å². The molecule has 0 aliphatic rings. The van der Waals surface area contributed by atoms with Crippen molar-refractivity contribution in [2.24, 2.45) is 7.05 Å². The summed E-state index contributed by atoms with van der Waals surface area (Å²) in [5.41, 5.74) is 0.492. The molecular weight excluding hydrogens is 216 g/mol. The largest absolute Gasteiger partial charge is 0.503 e. The molecule has 0 saturated heterocycles. The van der Waals surface area contributed by atoms with Crippen molar-refractivity contribution in [3.8, 4) is 5.75 Å². The van der Waals surface area contributed by atoms with Gasteiger partial charge in [0.1, 0.15) is 0 Å². The molecule has 0 aliphatic heterocycles. The lowest BCUT2D eigenvalue weighted by atomic mass is 10.3. The number of hydrogen-bond acceptors (Lipinski definition) is 3. The van der Waals surface area contributed by atoms with Crippen LogP contribution in [0.2, 0.25) is 0 Å². The van der Waals surface area contributed by atoms with E-state index in [1.54, 1.807) is 11.6 Å². The van der Waals surface area contributed by atoms with Gasteiger partial charge in [-0.2, -0.15) is 0 Å². The van der Waals surface area contributed by atoms with Gasteiger partial charge in [0.15, 0.2) is 5.75 Å². The summed E-state index contributed by atoms with van der Waals surface area (Å²) in [6.45, 7) is 9.45. The Morgan fingerprint density at radius 2 is 2.00 bits per heavy atom. The zero-order valence-electron chi connectivity index (χ0n) is 10.1. The van der Waals surface area contributed by atoms with Crippen molar-refractivity contribution in [2.75, 3.05) is 13.1 Å². The molecule has 1 aromatic heterocycles. The molecule has 0 fully saturated rings. The second kappa shape index (κ2) is 6.06. The number of pyridine rings is 1. The van der Waals surface area contributed by atoms with Crippen LogP contribution >= 0.6 is 0 Å². The monoisotopic (exact) mass is 234 g/mol. The van der Waals surface area contributed by atoms with E-state index < -0.39 is 0 Å². The van der Waals surface area contributed by atoms with E-state index in [2.05, 4.69) is 18.1 Å². The van der Waals surface area contributed by atoms with Crippen molar-refractivity contribution in [1.82, 2.24) is 9.47 Å². The summed E-state index contributed by atoms with van der Waals surface area (Å²) in [4.78, 5) is 13.5. The van der Waals surface area contributed by atoms with Crippen LogP contribution in [0.1, 0.15) is 5.69 Å². The highest BCUT2D eigenvalue weighted by molar-refractivity contribution is 5.20. The summed E-state index contributed by atoms with van der Waals surface area (Å²) in [7, 11) is 1.80. The number of nitrogens with zero attached hydrogens (tertiary/aromatic N) is 2. The lowest BCUT2D eigenvalue weighted by molar-refractivity contribution is 0.318. The molecule has 0 aromatic carbocycles. The summed E-state index contributed by atoms with van der Waals surface area (Å²) in [5, 5.41) is 9.29. The van der Waals surface area contributed by atoms with Gasteiger partial charge in [0, 0.05) is 44.6 Å². The summed E-state index contributed by atoms with van der Waals surface area (Å²) in [6.07, 6.45) is 5.04. The molecule has 1 rings (SSSR count). The maximum absolute atomic E-state index is 11.4. The molecule has 0 unspecified atom stereocenters. The van der Waals surface area contributed by atoms with E-state index >= 15 is 0 Å². The molecule has 1 heterocycles. The maximum atomic E-state index is 11.4. The molecule has 0 aliphatic carbocycles. The van der Waals surface area contributed by atoms with Crippen LogP contribution in [0.15, 0.2) is 42.4 Å². The summed E-state index contributed by atoms with van der Waals surface area (Å²) in [6, 6.07) is 1.45. The molecule has 92 valence electrons. The Labute approximate surface area is 101 Å². The van der Waals surface area contributed by atoms with Crippen LogP contribution in [0, 0.1) is 0 Å². The van der Waals surface area contributed by atoms with Crippen LogP contribution in [0.4, 0.5) is 0 Å². The van der Waals surface area contributed by atoms with Crippen molar-refractivity contribution >= 4 is 0 Å². The minimum Gasteiger partial charge on any atom is -0.503 e. The minimum absolute atomic E-state index is 0.227. The zero-order chi connectivity index (χ0) is 12.8. The second-order valence-electron chi connectivity index (χ2n) is 3.90. The van der Waals surface area contributed by atoms with Gasteiger partial charge in [-0.3, -0.25) is 9.69 Å². The third kappa shape index (κ3) is 3.60. The standard InChI is InChI=1S/C13H18N2O2/c1-4-6-15(7-5-2)9-11-8-12(16)13(17)10-14(11)3/h4-5,8,10,17H,1-2,6-7,9H2,3H3. The Kier molecular flexibility index (Phi) is 4.72. The molecule has 0 bridgehead atoms. The predicted octanol–water partition coefficient (Wildman–Crippen LogP) is 1.26. The molecule has 0 amide bonds. The summed E-state index contributed by atoms with van der Waals surface area (Å²) >= 11 is 0. The highest BCUT2D eigenvalue weighted by Gasteiger charge is 2.07. The second-order valence-corrected chi connectivity index (χ2v) is 3.90. The first-order valence-electron chi connectivity index (χ1n) is 5.41. The third-order valence-electron chi connectivity index (χ3n) is 2.48. The Morgan fingerprint density at radius 3 is 2.53 bits per heavy atom. The van der Waals surface area contributed by atoms with E-state index in [1.807, 2.05) is 12.2 Å². The van der Waals surface area contributed by atoms with Crippen LogP contribution in [0.5, 0.6) is 5.75 Å². The lowest BCUT2D eigenvalue weighted by Crippen LogP contribution is -2.26. The first kappa shape index (κ1) is 13.3. The van der Waals surface area contributed by atoms with Gasteiger partial charge in [0.2, 0.25) is 5.43 Å². The summed E-state index contributed by atoms with van der Waals surface area (Å²) < 4.78 is 1.75. The van der Waals surface area contributed by atoms with Crippen molar-refractivity contribution < 1.29 is 5.11 Å². The molecule has 4 nitrogen and oxygen atoms in total. The van der Waals surface area contributed by atoms with Crippen LogP contribution in [0.25, 0.3) is 0 Å². The average molecular weight is 234 g/mol. The Hall–Kier alpha value is -1.81. The normalized spacial score (nSPS) is 10.5. The highest BCUT2D eigenvalue weighted by atomic mass is 16.3. The highest BCUT2D eigenvalue weighted by Crippen LogP contribution is 2.06. The number of aryl methyl sites for hydroxylation is 1. The van der Waals surface area contributed by atoms with Gasteiger partial charge in [0.05, 0.1) is 0 Å². The lowest BCUT2D eigenvalue weighted by Gasteiger charge is -2.20. The molecular formula is C13H18N2O2. The van der Waals surface area contributed by atoms with Gasteiger partial charge in [0.25, 0.3) is 0 Å². The van der Waals surface area contributed by atoms with E-state index in [0.29, 0.717) is 6.54 Å². The van der Waals surface area contributed by atoms with Gasteiger partial charge in [-0.15, -0.1) is 13.2 Å². The molecule has 17 heavy (non-hydrogen) atoms. The van der Waals surface area contributed by atoms with Crippen molar-refractivity contribution in [3.05, 3.63) is 53.5 Å². The van der Waals surface area contributed by atoms with Crippen LogP contribution < -0.4 is 5.43 Å². The fourth-order valence-corrected chi connectivity index (χ4v) is 1.61. The molecule has 4 heteroatoms. The average Bonchev–Trinajstić information content (AvgIpc) is 2.26. The molecule has 0 radical (unpaired) electrons. The SMILES string of the molecule is C=CCN(CC=C)Cc1cc(=O)c(O)cn1C. The third-order valence-corrected chi connectivity index (χ3v) is 2.48. The Balaban J connectivity index is 2.92. The van der Waals surface area contributed by atoms with Gasteiger partial charge in [-0.05, 0) is 0 Å². The first-order valence-corrected chi connectivity index (χ1v) is 5.41. The fraction of sp³-hybridized carbons (Fsp3) is 0.308. The minimum atomic E-state index is -0.352. The molecule has 0 spiro atoms. The number of aromatic nitrogens is 1. The van der Waals surface area contributed by atoms with Gasteiger partial charge >= 0.3 is 0 Å². The van der Waals surface area contributed by atoms with Crippen molar-refractivity contribution in [3.63, 3.8) is 0 Å². The van der Waals surface area contributed by atoms with Gasteiger partial charge < -0.3 is 9.67 Å². The number of aromatic hydroxyl groups is 1. The van der Waals surface area contributed by atoms with E-state index in [0.717, 1.165) is 18.8 Å². The smallest absolute Gasteiger partial charge is 0.223 e. The Bertz CT molecular complexity index is 453. The molecule has 1 aromatic rings. The van der Waals surface area contributed by atoms with E-state index in [9.17, 15) is 9.90 Å². The van der Waals surface area contributed by atoms with E-state index in [-0.39, 0.29) is 11.2 Å². The predicted molar refractivity (Wildman–Crippen MR) is 69.0 cm³/mol. The zero-order valence-corrected chi connectivity index (χ0v) is 10.1. The Morgan fingerprint density at radius 1 is 1.41 bits per heavy atom. The molecule has 0 saturated carbocycles. The van der Waals surface area contributed by atoms with E-state index in [1.165, 1.54) is 12.3 Å². The van der Waals surface area contributed by atoms with Gasteiger partial charge in [-0.1, -0.05) is 12.2 Å². The number of hydrogen-bond donors (Lipinski definition) is 1. The maximum Gasteiger partial charge on any atom is 0.223 e. The van der Waals surface area contributed by atoms with Crippen LogP contribution in [-0.4, -0.2) is 27.7 Å². The van der Waals surface area contributed by atoms with Gasteiger partial charge in [-0.25, -0.2) is 0 Å². The fourth-order valence-electron chi connectivity index (χ4n) is 1.61. The van der Waals surface area contributed by atoms with Crippen LogP contribution in [-0.2, 0) is 13.6 Å². The van der Waals surface area contributed by atoms with Crippen molar-refractivity contribution in [1.29, 1.82) is 0 Å². The first-order chi connectivity index (χ1) is 8.08. The quantitative estimate of drug-likeness (QED) is 0.754. The van der Waals surface area contributed by atoms with Crippen molar-refractivity contribution in [2.45, 2.75) is 6.54 Å².